The summed E-state index contributed by atoms with van der Waals surface area (Å²) in [5.41, 5.74) is -0.296. The van der Waals surface area contributed by atoms with Crippen LogP contribution >= 0.6 is 11.8 Å². The summed E-state index contributed by atoms with van der Waals surface area (Å²) in [7, 11) is 0. The average molecular weight is 299 g/mol. The summed E-state index contributed by atoms with van der Waals surface area (Å²) < 4.78 is 0. The molecule has 1 saturated carbocycles. The first-order valence-corrected chi connectivity index (χ1v) is 8.84. The van der Waals surface area contributed by atoms with Gasteiger partial charge in [0.1, 0.15) is 0 Å². The van der Waals surface area contributed by atoms with Crippen LogP contribution < -0.4 is 5.32 Å². The Morgan fingerprint density at radius 1 is 1.15 bits per heavy atom. The highest BCUT2D eigenvalue weighted by Gasteiger charge is 2.36. The fourth-order valence-electron chi connectivity index (χ4n) is 3.51. The highest BCUT2D eigenvalue weighted by atomic mass is 32.2. The lowest BCUT2D eigenvalue weighted by molar-refractivity contribution is -0.141. The molecule has 0 aromatic heterocycles. The van der Waals surface area contributed by atoms with E-state index in [0.717, 1.165) is 44.3 Å². The number of carboxylic acids is 1. The molecule has 2 aliphatic rings. The number of carbonyl (C=O) groups excluding carboxylic acids is 1. The molecule has 1 saturated heterocycles. The molecular weight excluding hydrogens is 274 g/mol. The summed E-state index contributed by atoms with van der Waals surface area (Å²) in [6.45, 7) is 0. The molecule has 2 rings (SSSR count). The lowest BCUT2D eigenvalue weighted by atomic mass is 9.69. The summed E-state index contributed by atoms with van der Waals surface area (Å²) in [6, 6.07) is 0.284. The van der Waals surface area contributed by atoms with E-state index in [1.165, 1.54) is 12.2 Å². The van der Waals surface area contributed by atoms with Crippen molar-refractivity contribution in [3.8, 4) is 0 Å². The highest BCUT2D eigenvalue weighted by Crippen LogP contribution is 2.42. The number of aliphatic carboxylic acids is 1. The number of hydrogen-bond donors (Lipinski definition) is 2. The third-order valence-electron chi connectivity index (χ3n) is 4.50. The molecule has 0 bridgehead atoms. The third-order valence-corrected chi connectivity index (χ3v) is 5.72. The van der Waals surface area contributed by atoms with Crippen molar-refractivity contribution < 1.29 is 14.7 Å². The molecule has 1 heterocycles. The molecule has 2 N–H and O–H groups in total. The molecule has 1 aliphatic heterocycles. The van der Waals surface area contributed by atoms with E-state index < -0.39 is 5.97 Å². The Morgan fingerprint density at radius 2 is 1.90 bits per heavy atom. The molecule has 1 atom stereocenters. The monoisotopic (exact) mass is 299 g/mol. The maximum absolute atomic E-state index is 12.3. The van der Waals surface area contributed by atoms with Crippen LogP contribution in [0, 0.1) is 5.41 Å². The lowest BCUT2D eigenvalue weighted by Crippen LogP contribution is -2.42. The zero-order chi connectivity index (χ0) is 14.4. The van der Waals surface area contributed by atoms with Gasteiger partial charge in [-0.3, -0.25) is 9.59 Å². The smallest absolute Gasteiger partial charge is 0.303 e. The van der Waals surface area contributed by atoms with E-state index in [9.17, 15) is 9.59 Å². The van der Waals surface area contributed by atoms with Crippen molar-refractivity contribution in [3.63, 3.8) is 0 Å². The molecule has 1 amide bonds. The first-order chi connectivity index (χ1) is 9.60. The molecule has 0 radical (unpaired) electrons. The van der Waals surface area contributed by atoms with Gasteiger partial charge in [-0.25, -0.2) is 0 Å². The van der Waals surface area contributed by atoms with Gasteiger partial charge in [-0.1, -0.05) is 19.3 Å². The zero-order valence-corrected chi connectivity index (χ0v) is 12.8. The standard InChI is InChI=1S/C15H25NO3S/c17-13(16-12-5-4-8-20-11-12)9-15(10-14(18)19)6-2-1-3-7-15/h12H,1-11H2,(H,16,17)(H,18,19). The van der Waals surface area contributed by atoms with Crippen LogP contribution in [0.3, 0.4) is 0 Å². The van der Waals surface area contributed by atoms with E-state index in [1.807, 2.05) is 11.8 Å². The molecule has 0 aromatic rings. The first-order valence-electron chi connectivity index (χ1n) is 7.69. The number of carbonyl (C=O) groups is 2. The topological polar surface area (TPSA) is 66.4 Å². The quantitative estimate of drug-likeness (QED) is 0.819. The summed E-state index contributed by atoms with van der Waals surface area (Å²) in [5.74, 6) is 1.47. The summed E-state index contributed by atoms with van der Waals surface area (Å²) >= 11 is 1.89. The summed E-state index contributed by atoms with van der Waals surface area (Å²) in [6.07, 6.45) is 7.79. The number of rotatable bonds is 5. The van der Waals surface area contributed by atoms with Gasteiger partial charge in [0.2, 0.25) is 5.91 Å². The average Bonchev–Trinajstić information content (AvgIpc) is 2.39. The van der Waals surface area contributed by atoms with Crippen LogP contribution in [0.15, 0.2) is 0 Å². The van der Waals surface area contributed by atoms with Gasteiger partial charge in [-0.2, -0.15) is 11.8 Å². The van der Waals surface area contributed by atoms with Gasteiger partial charge < -0.3 is 10.4 Å². The van der Waals surface area contributed by atoms with E-state index in [-0.39, 0.29) is 23.8 Å². The van der Waals surface area contributed by atoms with Crippen LogP contribution in [0.25, 0.3) is 0 Å². The molecule has 1 unspecified atom stereocenters. The van der Waals surface area contributed by atoms with Crippen molar-refractivity contribution >= 4 is 23.6 Å². The summed E-state index contributed by atoms with van der Waals surface area (Å²) in [5, 5.41) is 12.2. The fourth-order valence-corrected chi connectivity index (χ4v) is 4.58. The molecule has 0 spiro atoms. The van der Waals surface area contributed by atoms with E-state index in [1.54, 1.807) is 0 Å². The Morgan fingerprint density at radius 3 is 2.50 bits per heavy atom. The summed E-state index contributed by atoms with van der Waals surface area (Å²) in [4.78, 5) is 23.4. The van der Waals surface area contributed by atoms with Gasteiger partial charge in [-0.05, 0) is 36.9 Å². The van der Waals surface area contributed by atoms with Crippen LogP contribution in [0.1, 0.15) is 57.8 Å². The largest absolute Gasteiger partial charge is 0.481 e. The van der Waals surface area contributed by atoms with E-state index >= 15 is 0 Å². The van der Waals surface area contributed by atoms with Gasteiger partial charge in [-0.15, -0.1) is 0 Å². The number of nitrogens with one attached hydrogen (secondary N) is 1. The molecule has 2 fully saturated rings. The maximum Gasteiger partial charge on any atom is 0.303 e. The molecule has 4 nitrogen and oxygen atoms in total. The Hall–Kier alpha value is -0.710. The van der Waals surface area contributed by atoms with Crippen LogP contribution in [0.2, 0.25) is 0 Å². The minimum Gasteiger partial charge on any atom is -0.481 e. The predicted octanol–water partition coefficient (Wildman–Crippen LogP) is 2.81. The minimum absolute atomic E-state index is 0.0562. The van der Waals surface area contributed by atoms with Crippen molar-refractivity contribution in [2.75, 3.05) is 11.5 Å². The predicted molar refractivity (Wildman–Crippen MR) is 80.9 cm³/mol. The van der Waals surface area contributed by atoms with Gasteiger partial charge in [0.15, 0.2) is 0 Å². The molecule has 114 valence electrons. The molecule has 0 aromatic carbocycles. The Balaban J connectivity index is 1.89. The van der Waals surface area contributed by atoms with Crippen molar-refractivity contribution in [1.29, 1.82) is 0 Å². The second-order valence-corrected chi connectivity index (χ2v) is 7.44. The minimum atomic E-state index is -0.770. The number of amides is 1. The van der Waals surface area contributed by atoms with Crippen LogP contribution in [0.4, 0.5) is 0 Å². The van der Waals surface area contributed by atoms with E-state index in [0.29, 0.717) is 6.42 Å². The first kappa shape index (κ1) is 15.7. The SMILES string of the molecule is O=C(O)CC1(CC(=O)NC2CCCSC2)CCCCC1. The molecular formula is C15H25NO3S. The molecule has 20 heavy (non-hydrogen) atoms. The Bertz CT molecular complexity index is 347. The number of hydrogen-bond acceptors (Lipinski definition) is 3. The second kappa shape index (κ2) is 7.34. The number of thioether (sulfide) groups is 1. The van der Waals surface area contributed by atoms with Gasteiger partial charge >= 0.3 is 5.97 Å². The van der Waals surface area contributed by atoms with E-state index in [4.69, 9.17) is 5.11 Å². The Kier molecular flexibility index (Phi) is 5.75. The number of carboxylic acid groups (broad SMARTS) is 1. The molecule has 5 heteroatoms. The maximum atomic E-state index is 12.3. The van der Waals surface area contributed by atoms with Crippen molar-refractivity contribution in [2.45, 2.75) is 63.8 Å². The lowest BCUT2D eigenvalue weighted by Gasteiger charge is -2.36. The zero-order valence-electron chi connectivity index (χ0n) is 12.0. The highest BCUT2D eigenvalue weighted by molar-refractivity contribution is 7.99. The molecule has 1 aliphatic carbocycles. The Labute approximate surface area is 125 Å². The third kappa shape index (κ3) is 4.69. The van der Waals surface area contributed by atoms with Crippen LogP contribution in [0.5, 0.6) is 0 Å². The van der Waals surface area contributed by atoms with Crippen molar-refractivity contribution in [1.82, 2.24) is 5.32 Å². The second-order valence-electron chi connectivity index (χ2n) is 6.29. The van der Waals surface area contributed by atoms with Crippen LogP contribution in [-0.2, 0) is 9.59 Å². The van der Waals surface area contributed by atoms with E-state index in [2.05, 4.69) is 5.32 Å². The van der Waals surface area contributed by atoms with Crippen molar-refractivity contribution in [2.24, 2.45) is 5.41 Å². The fraction of sp³-hybridized carbons (Fsp3) is 0.867. The van der Waals surface area contributed by atoms with Gasteiger partial charge in [0, 0.05) is 18.2 Å². The van der Waals surface area contributed by atoms with Crippen molar-refractivity contribution in [3.05, 3.63) is 0 Å². The normalized spacial score (nSPS) is 25.9. The van der Waals surface area contributed by atoms with Crippen LogP contribution in [-0.4, -0.2) is 34.5 Å². The van der Waals surface area contributed by atoms with Gasteiger partial charge in [0.05, 0.1) is 6.42 Å². The van der Waals surface area contributed by atoms with Gasteiger partial charge in [0.25, 0.3) is 0 Å².